The van der Waals surface area contributed by atoms with E-state index in [4.69, 9.17) is 14.2 Å². The molecule has 0 aliphatic rings. The summed E-state index contributed by atoms with van der Waals surface area (Å²) in [7, 11) is 0. The number of unbranched alkanes of at least 4 members (excludes halogenated alkanes) is 59. The quantitative estimate of drug-likeness (QED) is 0.0261. The smallest absolute Gasteiger partial charge is 0.306 e. The van der Waals surface area contributed by atoms with Crippen LogP contribution in [0, 0.1) is 0 Å². The average Bonchev–Trinajstić information content (AvgIpc) is 3.49. The number of hydrogen-bond donors (Lipinski definition) is 0. The summed E-state index contributed by atoms with van der Waals surface area (Å²) in [4.78, 5) is 38.5. The van der Waals surface area contributed by atoms with Crippen LogP contribution in [0.25, 0.3) is 0 Å². The van der Waals surface area contributed by atoms with Crippen molar-refractivity contribution in [2.24, 2.45) is 0 Å². The second kappa shape index (κ2) is 72.6. The summed E-state index contributed by atoms with van der Waals surface area (Å²) in [5.74, 6) is -0.820. The highest BCUT2D eigenvalue weighted by molar-refractivity contribution is 5.71. The van der Waals surface area contributed by atoms with Crippen LogP contribution in [0.2, 0.25) is 0 Å². The van der Waals surface area contributed by atoms with Gasteiger partial charge < -0.3 is 14.2 Å². The second-order valence-electron chi connectivity index (χ2n) is 26.3. The molecule has 0 rings (SSSR count). The van der Waals surface area contributed by atoms with E-state index in [0.29, 0.717) is 19.3 Å². The Bertz CT molecular complexity index is 1300. The maximum Gasteiger partial charge on any atom is 0.306 e. The van der Waals surface area contributed by atoms with E-state index in [9.17, 15) is 14.4 Å². The molecular formula is C77H148O6. The van der Waals surface area contributed by atoms with Crippen molar-refractivity contribution < 1.29 is 28.6 Å². The van der Waals surface area contributed by atoms with E-state index < -0.39 is 6.10 Å². The third-order valence-electron chi connectivity index (χ3n) is 17.8. The van der Waals surface area contributed by atoms with Gasteiger partial charge in [0.25, 0.3) is 0 Å². The molecule has 0 aliphatic carbocycles. The highest BCUT2D eigenvalue weighted by Gasteiger charge is 2.20. The first-order chi connectivity index (χ1) is 41.0. The van der Waals surface area contributed by atoms with Gasteiger partial charge in [-0.25, -0.2) is 0 Å². The van der Waals surface area contributed by atoms with Crippen LogP contribution in [0.5, 0.6) is 0 Å². The molecule has 0 aliphatic heterocycles. The highest BCUT2D eigenvalue weighted by Crippen LogP contribution is 2.20. The van der Waals surface area contributed by atoms with E-state index >= 15 is 0 Å². The van der Waals surface area contributed by atoms with E-state index in [1.807, 2.05) is 0 Å². The second-order valence-corrected chi connectivity index (χ2v) is 26.3. The minimum atomic E-state index is -0.766. The van der Waals surface area contributed by atoms with Gasteiger partial charge in [0.1, 0.15) is 13.2 Å². The van der Waals surface area contributed by atoms with Crippen LogP contribution >= 0.6 is 0 Å². The molecule has 1 unspecified atom stereocenters. The fourth-order valence-corrected chi connectivity index (χ4v) is 12.0. The minimum Gasteiger partial charge on any atom is -0.462 e. The zero-order chi connectivity index (χ0) is 59.9. The van der Waals surface area contributed by atoms with E-state index in [-0.39, 0.29) is 31.1 Å². The molecule has 0 heterocycles. The zero-order valence-corrected chi connectivity index (χ0v) is 56.8. The number of esters is 3. The summed E-state index contributed by atoms with van der Waals surface area (Å²) in [6.07, 6.45) is 88.4. The van der Waals surface area contributed by atoms with Crippen molar-refractivity contribution in [1.29, 1.82) is 0 Å². The molecule has 0 radical (unpaired) electrons. The van der Waals surface area contributed by atoms with Gasteiger partial charge in [-0.1, -0.05) is 392 Å². The average molecular weight is 1170 g/mol. The van der Waals surface area contributed by atoms with E-state index in [1.54, 1.807) is 0 Å². The Labute approximate surface area is 520 Å². The molecule has 0 N–H and O–H groups in total. The first-order valence-electron chi connectivity index (χ1n) is 38.2. The SMILES string of the molecule is CCCCCCCCCC/C=C\CCCCCCCCCCCCCCCCCCCC(=O)OCC(COC(=O)CCCCCCCCCCCCCCCC)OC(=O)CCCCCCCCCCCCCCCCCCCCCCCC. The molecule has 0 saturated carbocycles. The third kappa shape index (κ3) is 70.8. The Morgan fingerprint density at radius 2 is 0.398 bits per heavy atom. The van der Waals surface area contributed by atoms with E-state index in [0.717, 1.165) is 57.8 Å². The van der Waals surface area contributed by atoms with E-state index in [2.05, 4.69) is 32.9 Å². The van der Waals surface area contributed by atoms with Gasteiger partial charge in [-0.15, -0.1) is 0 Å². The molecule has 6 nitrogen and oxygen atoms in total. The van der Waals surface area contributed by atoms with Crippen LogP contribution in [-0.4, -0.2) is 37.2 Å². The summed E-state index contributed by atoms with van der Waals surface area (Å²) in [6, 6.07) is 0. The van der Waals surface area contributed by atoms with Gasteiger partial charge in [0.2, 0.25) is 0 Å². The molecule has 0 amide bonds. The van der Waals surface area contributed by atoms with Gasteiger partial charge in [-0.05, 0) is 44.9 Å². The summed E-state index contributed by atoms with van der Waals surface area (Å²) >= 11 is 0. The lowest BCUT2D eigenvalue weighted by Crippen LogP contribution is -2.30. The highest BCUT2D eigenvalue weighted by atomic mass is 16.6. The van der Waals surface area contributed by atoms with Gasteiger partial charge in [-0.3, -0.25) is 14.4 Å². The summed E-state index contributed by atoms with van der Waals surface area (Å²) < 4.78 is 17.0. The Balaban J connectivity index is 4.17. The number of ether oxygens (including phenoxy) is 3. The summed E-state index contributed by atoms with van der Waals surface area (Å²) in [5, 5.41) is 0. The first kappa shape index (κ1) is 81.2. The van der Waals surface area contributed by atoms with Crippen molar-refractivity contribution in [3.63, 3.8) is 0 Å². The van der Waals surface area contributed by atoms with Gasteiger partial charge in [-0.2, -0.15) is 0 Å². The normalized spacial score (nSPS) is 12.0. The van der Waals surface area contributed by atoms with Crippen molar-refractivity contribution in [2.45, 2.75) is 451 Å². The number of carbonyl (C=O) groups excluding carboxylic acids is 3. The Hall–Kier alpha value is -1.85. The zero-order valence-electron chi connectivity index (χ0n) is 56.8. The predicted octanol–water partition coefficient (Wildman–Crippen LogP) is 26.3. The van der Waals surface area contributed by atoms with Crippen molar-refractivity contribution in [3.8, 4) is 0 Å². The van der Waals surface area contributed by atoms with Gasteiger partial charge in [0, 0.05) is 19.3 Å². The molecule has 0 fully saturated rings. The lowest BCUT2D eigenvalue weighted by Gasteiger charge is -2.18. The van der Waals surface area contributed by atoms with Crippen LogP contribution in [0.3, 0.4) is 0 Å². The van der Waals surface area contributed by atoms with Crippen LogP contribution in [0.15, 0.2) is 12.2 Å². The van der Waals surface area contributed by atoms with Crippen molar-refractivity contribution in [1.82, 2.24) is 0 Å². The molecule has 0 spiro atoms. The molecule has 1 atom stereocenters. The first-order valence-corrected chi connectivity index (χ1v) is 38.2. The predicted molar refractivity (Wildman–Crippen MR) is 363 cm³/mol. The number of rotatable bonds is 72. The fourth-order valence-electron chi connectivity index (χ4n) is 12.0. The standard InChI is InChI=1S/C77H148O6/c1-4-7-10-13-16-19-22-25-28-30-32-34-36-37-38-39-40-41-42-44-45-47-49-52-55-58-61-64-67-70-76(79)82-73-74(72-81-75(78)69-66-63-60-57-54-51-27-24-21-18-15-12-9-6-3)83-77(80)71-68-65-62-59-56-53-50-48-46-43-35-33-31-29-26-23-20-17-14-11-8-5-2/h30,32,74H,4-29,31,33-73H2,1-3H3/b32-30-. The Kier molecular flexibility index (Phi) is 71.0. The van der Waals surface area contributed by atoms with Crippen LogP contribution in [0.4, 0.5) is 0 Å². The lowest BCUT2D eigenvalue weighted by atomic mass is 10.0. The topological polar surface area (TPSA) is 78.9 Å². The molecule has 0 aromatic carbocycles. The fraction of sp³-hybridized carbons (Fsp3) is 0.935. The molecule has 0 aromatic rings. The van der Waals surface area contributed by atoms with Gasteiger partial charge in [0.05, 0.1) is 0 Å². The van der Waals surface area contributed by atoms with Crippen molar-refractivity contribution >= 4 is 17.9 Å². The largest absolute Gasteiger partial charge is 0.462 e. The molecule has 0 saturated heterocycles. The van der Waals surface area contributed by atoms with Crippen molar-refractivity contribution in [2.75, 3.05) is 13.2 Å². The number of hydrogen-bond acceptors (Lipinski definition) is 6. The third-order valence-corrected chi connectivity index (χ3v) is 17.8. The van der Waals surface area contributed by atoms with E-state index in [1.165, 1.54) is 347 Å². The molecule has 0 aromatic heterocycles. The van der Waals surface area contributed by atoms with Crippen LogP contribution in [-0.2, 0) is 28.6 Å². The lowest BCUT2D eigenvalue weighted by molar-refractivity contribution is -0.167. The molecule has 492 valence electrons. The summed E-state index contributed by atoms with van der Waals surface area (Å²) in [5.41, 5.74) is 0. The maximum absolute atomic E-state index is 13.0. The van der Waals surface area contributed by atoms with Crippen LogP contribution in [0.1, 0.15) is 445 Å². The molecular weight excluding hydrogens is 1020 g/mol. The molecule has 6 heteroatoms. The Morgan fingerprint density at radius 3 is 0.602 bits per heavy atom. The molecule has 0 bridgehead atoms. The number of allylic oxidation sites excluding steroid dienone is 2. The monoisotopic (exact) mass is 1170 g/mol. The van der Waals surface area contributed by atoms with Gasteiger partial charge in [0.15, 0.2) is 6.10 Å². The minimum absolute atomic E-state index is 0.0616. The van der Waals surface area contributed by atoms with Crippen LogP contribution < -0.4 is 0 Å². The summed E-state index contributed by atoms with van der Waals surface area (Å²) in [6.45, 7) is 6.74. The maximum atomic E-state index is 13.0. The van der Waals surface area contributed by atoms with Crippen molar-refractivity contribution in [3.05, 3.63) is 12.2 Å². The molecule has 83 heavy (non-hydrogen) atoms. The number of carbonyl (C=O) groups is 3. The van der Waals surface area contributed by atoms with Gasteiger partial charge >= 0.3 is 17.9 Å². The Morgan fingerprint density at radius 1 is 0.229 bits per heavy atom.